The molecule has 0 aliphatic rings. The third-order valence-corrected chi connectivity index (χ3v) is 25.2. The Balaban J connectivity index is 0.000000139. The maximum absolute atomic E-state index is 14.6. The van der Waals surface area contributed by atoms with Gasteiger partial charge in [-0.3, -0.25) is 19.2 Å². The van der Waals surface area contributed by atoms with E-state index in [0.717, 1.165) is 95.1 Å². The fourth-order valence-electron chi connectivity index (χ4n) is 15.6. The Morgan fingerprint density at radius 1 is 0.370 bits per heavy atom. The monoisotopic (exact) mass is 2040 g/mol. The van der Waals surface area contributed by atoms with Crippen molar-refractivity contribution in [2.75, 3.05) is 6.54 Å². The zero-order valence-electron chi connectivity index (χ0n) is 77.9. The summed E-state index contributed by atoms with van der Waals surface area (Å²) < 4.78 is 77.6. The smallest absolute Gasteiger partial charge is 0.273 e. The summed E-state index contributed by atoms with van der Waals surface area (Å²) in [5.74, 6) is -2.12. The van der Waals surface area contributed by atoms with Crippen molar-refractivity contribution in [2.45, 2.75) is 85.3 Å². The van der Waals surface area contributed by atoms with Gasteiger partial charge in [0.1, 0.15) is 71.5 Å². The average Bonchev–Trinajstić information content (AvgIpc) is 1.75. The number of hydrogen-bond acceptors (Lipinski definition) is 20. The molecule has 8 heterocycles. The van der Waals surface area contributed by atoms with Crippen LogP contribution in [0, 0.1) is 81.3 Å². The molecule has 146 heavy (non-hydrogen) atoms. The van der Waals surface area contributed by atoms with Crippen LogP contribution in [0.25, 0.3) is 33.1 Å². The second-order valence-corrected chi connectivity index (χ2v) is 35.7. The first-order valence-electron chi connectivity index (χ1n) is 45.5. The summed E-state index contributed by atoms with van der Waals surface area (Å²) in [4.78, 5) is 74.5. The number of hydrogen-bond donors (Lipinski definition) is 0. The molecule has 8 aromatic heterocycles. The van der Waals surface area contributed by atoms with Crippen molar-refractivity contribution < 1.29 is 41.1 Å². The molecule has 35 heteroatoms. The van der Waals surface area contributed by atoms with Gasteiger partial charge in [-0.15, -0.1) is 40.8 Å². The lowest BCUT2D eigenvalue weighted by molar-refractivity contribution is 0.0710. The summed E-state index contributed by atoms with van der Waals surface area (Å²) in [5, 5.41) is 75.6. The van der Waals surface area contributed by atoms with Crippen LogP contribution in [0.2, 0.25) is 5.02 Å². The number of para-hydroxylation sites is 2. The number of halogens is 7. The van der Waals surface area contributed by atoms with Crippen molar-refractivity contribution in [1.82, 2.24) is 93.6 Å². The summed E-state index contributed by atoms with van der Waals surface area (Å²) in [6, 6.07) is 92.5. The van der Waals surface area contributed by atoms with Crippen molar-refractivity contribution >= 4 is 84.3 Å². The van der Waals surface area contributed by atoms with E-state index in [1.165, 1.54) is 45.4 Å². The number of carbonyl (C=O) groups is 4. The molecule has 27 nitrogen and oxygen atoms in total. The first-order valence-corrected chi connectivity index (χ1v) is 47.6. The molecular formula is C111H84BrClF5N23O4S. The summed E-state index contributed by atoms with van der Waals surface area (Å²) in [6.45, 7) is 4.77. The zero-order chi connectivity index (χ0) is 102. The van der Waals surface area contributed by atoms with Crippen molar-refractivity contribution in [1.29, 1.82) is 21.0 Å². The van der Waals surface area contributed by atoms with Gasteiger partial charge in [0.15, 0.2) is 23.3 Å². The van der Waals surface area contributed by atoms with Crippen LogP contribution in [-0.4, -0.2) is 124 Å². The number of rotatable bonds is 30. The van der Waals surface area contributed by atoms with Gasteiger partial charge in [0.2, 0.25) is 0 Å². The summed E-state index contributed by atoms with van der Waals surface area (Å²) in [5.41, 5.74) is 13.5. The minimum Gasteiger partial charge on any atom is -0.329 e. The second-order valence-electron chi connectivity index (χ2n) is 33.6. The lowest BCUT2D eigenvalue weighted by atomic mass is 10.1. The molecule has 722 valence electrons. The van der Waals surface area contributed by atoms with Crippen LogP contribution < -0.4 is 0 Å². The Hall–Kier alpha value is -18.1. The highest BCUT2D eigenvalue weighted by atomic mass is 79.9. The molecule has 0 atom stereocenters. The van der Waals surface area contributed by atoms with Crippen LogP contribution in [0.15, 0.2) is 338 Å². The van der Waals surface area contributed by atoms with Gasteiger partial charge < -0.3 is 37.9 Å². The first-order chi connectivity index (χ1) is 71.0. The third-order valence-electron chi connectivity index (χ3n) is 23.4. The van der Waals surface area contributed by atoms with Crippen molar-refractivity contribution in [3.05, 3.63) is 490 Å². The quantitative estimate of drug-likeness (QED) is 0.0377. The van der Waals surface area contributed by atoms with Crippen LogP contribution in [0.1, 0.15) is 137 Å². The number of aryl methyl sites for hydroxylation is 1. The largest absolute Gasteiger partial charge is 0.329 e. The van der Waals surface area contributed by atoms with E-state index in [9.17, 15) is 41.1 Å². The third kappa shape index (κ3) is 26.8. The Labute approximate surface area is 852 Å². The number of thiophene rings is 1. The van der Waals surface area contributed by atoms with Gasteiger partial charge in [-0.25, -0.2) is 36.9 Å². The molecule has 0 unspecified atom stereocenters. The Kier molecular flexibility index (Phi) is 33.4. The SMILES string of the molecule is Cc1cc(C(=O)N(Cc2ccc(F)cc2F)Cc2nncn2Cc2ccc(C#N)cc2)ccc1Br.N#Cc1ccc(Cn2cnnc2CN(CCc2ccc(F)cc2)C(=O)c2ccc3ccccc3n2)cc1.N#Cc1ccc(Cn2cnnc2CN(Cc2ccc(F)cc2F)C(=O)c2cccc(-c3ccsc3)n2)cc1.N#Cc1ccc(Cn2cnnc2CN(Cc2cccc(Cl)c2)C(=O)c2ccc3ccccc3n2)cc1. The number of amides is 4. The van der Waals surface area contributed by atoms with Crippen LogP contribution in [0.5, 0.6) is 0 Å². The van der Waals surface area contributed by atoms with E-state index in [1.54, 1.807) is 153 Å². The molecule has 0 radical (unpaired) electrons. The maximum atomic E-state index is 14.6. The summed E-state index contributed by atoms with van der Waals surface area (Å²) in [7, 11) is 0. The van der Waals surface area contributed by atoms with E-state index >= 15 is 0 Å². The molecular weight excluding hydrogens is 1960 g/mol. The number of carbonyl (C=O) groups excluding carboxylic acids is 4. The van der Waals surface area contributed by atoms with Crippen LogP contribution in [0.3, 0.4) is 0 Å². The van der Waals surface area contributed by atoms with Crippen molar-refractivity contribution in [3.8, 4) is 35.5 Å². The molecule has 19 rings (SSSR count). The molecule has 19 aromatic rings. The Morgan fingerprint density at radius 2 is 0.767 bits per heavy atom. The lowest BCUT2D eigenvalue weighted by Gasteiger charge is -2.23. The second kappa shape index (κ2) is 48.4. The maximum Gasteiger partial charge on any atom is 0.273 e. The first kappa shape index (κ1) is 101. The minimum absolute atomic E-state index is 0.0102. The summed E-state index contributed by atoms with van der Waals surface area (Å²) >= 11 is 11.2. The van der Waals surface area contributed by atoms with Crippen LogP contribution in [0.4, 0.5) is 22.0 Å². The number of fused-ring (bicyclic) bond motifs is 2. The Morgan fingerprint density at radius 3 is 1.18 bits per heavy atom. The molecule has 0 aliphatic carbocycles. The van der Waals surface area contributed by atoms with Gasteiger partial charge in [-0.2, -0.15) is 32.4 Å². The van der Waals surface area contributed by atoms with Crippen LogP contribution in [-0.2, 0) is 78.4 Å². The standard InChI is InChI=1S/C29H23FN6O.C28H21ClN6O.C28H20F2N6OS.C26H20BrF2N5O/c30-25-12-9-21(10-13-25)15-16-35(29(37)27-14-11-24-3-1-2-4-26(24)33-27)19-28-34-32-20-36(28)18-23-7-5-22(17-31)6-8-23;29-24-6-3-4-22(14-24)17-34(28(36)26-13-12-23-5-1-2-7-25(23)32-26)18-27-33-31-19-35(27)16-21-10-8-20(15-30)9-11-21;29-23-9-8-21(24(30)12-23)15-35(28(37)26-3-1-2-25(33-26)22-10-11-38-17-22)16-27-34-32-18-36(27)14-20-6-4-19(13-31)5-7-20;1-17-10-20(7-9-23(17)27)26(35)33(14-21-6-8-22(28)11-24(21)29)15-25-32-31-16-34(25)13-19-4-2-18(12-30)3-5-19/h1-14,20H,15-16,18-19H2;1-14,19H,16-18H2;1-12,17-18H,14-16H2;2-11,16H,13-15H2,1H3. The average molecular weight is 2050 g/mol. The number of nitriles is 4. The van der Waals surface area contributed by atoms with E-state index in [-0.39, 0.29) is 79.6 Å². The highest BCUT2D eigenvalue weighted by Gasteiger charge is 2.28. The van der Waals surface area contributed by atoms with E-state index in [2.05, 4.69) is 95.9 Å². The van der Waals surface area contributed by atoms with Gasteiger partial charge in [0.05, 0.1) is 116 Å². The van der Waals surface area contributed by atoms with Crippen molar-refractivity contribution in [3.63, 3.8) is 0 Å². The Bertz CT molecular complexity index is 8050. The number of pyridine rings is 3. The van der Waals surface area contributed by atoms with Gasteiger partial charge >= 0.3 is 0 Å². The van der Waals surface area contributed by atoms with E-state index in [1.807, 2.05) is 166 Å². The van der Waals surface area contributed by atoms with Crippen molar-refractivity contribution in [2.24, 2.45) is 0 Å². The minimum atomic E-state index is -0.748. The van der Waals surface area contributed by atoms with E-state index in [0.29, 0.717) is 119 Å². The van der Waals surface area contributed by atoms with Gasteiger partial charge in [-0.05, 0) is 203 Å². The molecule has 11 aromatic carbocycles. The molecule has 0 fully saturated rings. The molecule has 0 aliphatic heterocycles. The van der Waals surface area contributed by atoms with Crippen LogP contribution >= 0.6 is 38.9 Å². The number of nitrogens with zero attached hydrogens (tertiary/aromatic N) is 23. The molecule has 0 saturated carbocycles. The number of benzene rings is 11. The van der Waals surface area contributed by atoms with Gasteiger partial charge in [0, 0.05) is 86.2 Å². The molecule has 0 N–H and O–H groups in total. The summed E-state index contributed by atoms with van der Waals surface area (Å²) in [6.07, 6.45) is 6.92. The predicted octanol–water partition coefficient (Wildman–Crippen LogP) is 20.8. The van der Waals surface area contributed by atoms with E-state index < -0.39 is 29.2 Å². The molecule has 4 amide bonds. The predicted molar refractivity (Wildman–Crippen MR) is 541 cm³/mol. The topological polar surface area (TPSA) is 338 Å². The number of aromatic nitrogens is 15. The normalized spacial score (nSPS) is 10.8. The fraction of sp³-hybridized carbons (Fsp3) is 0.126. The fourth-order valence-corrected chi connectivity index (χ4v) is 16.7. The van der Waals surface area contributed by atoms with E-state index in [4.69, 9.17) is 32.6 Å². The van der Waals surface area contributed by atoms with Gasteiger partial charge in [0.25, 0.3) is 23.6 Å². The highest BCUT2D eigenvalue weighted by Crippen LogP contribution is 2.29. The lowest BCUT2D eigenvalue weighted by Crippen LogP contribution is -2.34. The molecule has 0 saturated heterocycles. The highest BCUT2D eigenvalue weighted by molar-refractivity contribution is 9.10. The molecule has 0 bridgehead atoms. The zero-order valence-corrected chi connectivity index (χ0v) is 81.1. The van der Waals surface area contributed by atoms with Gasteiger partial charge in [-0.1, -0.05) is 167 Å². The molecule has 0 spiro atoms.